The number of hydrogen-bond acceptors (Lipinski definition) is 7. The third-order valence-corrected chi connectivity index (χ3v) is 7.14. The van der Waals surface area contributed by atoms with Crippen LogP contribution in [0.15, 0.2) is 47.6 Å². The molecule has 1 aliphatic rings. The van der Waals surface area contributed by atoms with Crippen LogP contribution in [0, 0.1) is 13.8 Å². The zero-order chi connectivity index (χ0) is 21.5. The lowest BCUT2D eigenvalue weighted by atomic mass is 10.1. The van der Waals surface area contributed by atoms with E-state index in [0.717, 1.165) is 16.8 Å². The summed E-state index contributed by atoms with van der Waals surface area (Å²) in [5.74, 6) is 0.303. The Hall–Kier alpha value is -2.88. The molecule has 1 aromatic carbocycles. The first kappa shape index (κ1) is 20.4. The van der Waals surface area contributed by atoms with E-state index in [1.165, 1.54) is 4.31 Å². The highest BCUT2D eigenvalue weighted by atomic mass is 32.2. The molecule has 3 aromatic rings. The predicted octanol–water partition coefficient (Wildman–Crippen LogP) is 2.13. The van der Waals surface area contributed by atoms with Gasteiger partial charge in [-0.05, 0) is 50.1 Å². The number of anilines is 1. The monoisotopic (exact) mass is 424 g/mol. The minimum atomic E-state index is -3.62. The number of sulfonamides is 1. The molecule has 1 aliphatic heterocycles. The van der Waals surface area contributed by atoms with Gasteiger partial charge in [0.25, 0.3) is 0 Å². The highest BCUT2D eigenvalue weighted by Gasteiger charge is 2.31. The third kappa shape index (κ3) is 3.79. The molecule has 4 N–H and O–H groups in total. The standard InChI is InChI=1S/C21H24N6O2S/c1-13-3-4-17(30(28,29)27-8-6-16(22)12-27)10-18(13)19-11-25-21(23)20(26-19)15-5-7-24-14(2)9-15/h3-5,7,9-11,16H,6,8,12,22H2,1-2H3,(H2,23,25)/t16-/m1/s1. The summed E-state index contributed by atoms with van der Waals surface area (Å²) in [5, 5.41) is 0. The molecule has 156 valence electrons. The second-order valence-electron chi connectivity index (χ2n) is 7.56. The summed E-state index contributed by atoms with van der Waals surface area (Å²) < 4.78 is 27.6. The quantitative estimate of drug-likeness (QED) is 0.656. The van der Waals surface area contributed by atoms with E-state index in [4.69, 9.17) is 16.5 Å². The van der Waals surface area contributed by atoms with Gasteiger partial charge in [0.2, 0.25) is 10.0 Å². The molecule has 0 amide bonds. The van der Waals surface area contributed by atoms with Gasteiger partial charge in [0.05, 0.1) is 16.8 Å². The number of nitrogen functional groups attached to an aromatic ring is 1. The van der Waals surface area contributed by atoms with Crippen molar-refractivity contribution in [3.05, 3.63) is 54.0 Å². The zero-order valence-corrected chi connectivity index (χ0v) is 17.7. The van der Waals surface area contributed by atoms with Gasteiger partial charge in [0.15, 0.2) is 0 Å². The van der Waals surface area contributed by atoms with Crippen molar-refractivity contribution in [2.75, 3.05) is 18.8 Å². The van der Waals surface area contributed by atoms with E-state index in [2.05, 4.69) is 9.97 Å². The van der Waals surface area contributed by atoms with Crippen molar-refractivity contribution < 1.29 is 8.42 Å². The van der Waals surface area contributed by atoms with E-state index in [9.17, 15) is 8.42 Å². The first-order chi connectivity index (χ1) is 14.3. The Morgan fingerprint density at radius 1 is 1.13 bits per heavy atom. The van der Waals surface area contributed by atoms with Crippen LogP contribution in [0.3, 0.4) is 0 Å². The first-order valence-electron chi connectivity index (χ1n) is 9.68. The van der Waals surface area contributed by atoms with Gasteiger partial charge in [0.1, 0.15) is 11.5 Å². The fourth-order valence-corrected chi connectivity index (χ4v) is 5.13. The summed E-state index contributed by atoms with van der Waals surface area (Å²) >= 11 is 0. The summed E-state index contributed by atoms with van der Waals surface area (Å²) in [6.45, 7) is 4.56. The number of rotatable bonds is 4. The second kappa shape index (κ2) is 7.75. The van der Waals surface area contributed by atoms with Crippen molar-refractivity contribution in [1.82, 2.24) is 19.3 Å². The molecule has 1 fully saturated rings. The maximum atomic E-state index is 13.1. The van der Waals surface area contributed by atoms with Crippen LogP contribution in [0.2, 0.25) is 0 Å². The fraction of sp³-hybridized carbons (Fsp3) is 0.286. The van der Waals surface area contributed by atoms with E-state index in [-0.39, 0.29) is 10.9 Å². The van der Waals surface area contributed by atoms with Crippen molar-refractivity contribution in [1.29, 1.82) is 0 Å². The van der Waals surface area contributed by atoms with Crippen LogP contribution in [0.25, 0.3) is 22.5 Å². The molecular weight excluding hydrogens is 400 g/mol. The molecule has 3 heterocycles. The van der Waals surface area contributed by atoms with E-state index in [1.54, 1.807) is 30.6 Å². The van der Waals surface area contributed by atoms with Crippen molar-refractivity contribution in [3.8, 4) is 22.5 Å². The molecule has 0 bridgehead atoms. The van der Waals surface area contributed by atoms with Gasteiger partial charge in [-0.15, -0.1) is 0 Å². The number of pyridine rings is 1. The Labute approximate surface area is 176 Å². The molecule has 0 aliphatic carbocycles. The summed E-state index contributed by atoms with van der Waals surface area (Å²) in [7, 11) is -3.62. The van der Waals surface area contributed by atoms with Crippen molar-refractivity contribution in [3.63, 3.8) is 0 Å². The van der Waals surface area contributed by atoms with Crippen LogP contribution in [-0.2, 0) is 10.0 Å². The molecule has 30 heavy (non-hydrogen) atoms. The van der Waals surface area contributed by atoms with Crippen LogP contribution in [0.1, 0.15) is 17.7 Å². The second-order valence-corrected chi connectivity index (χ2v) is 9.50. The fourth-order valence-electron chi connectivity index (χ4n) is 3.59. The zero-order valence-electron chi connectivity index (χ0n) is 16.9. The normalized spacial score (nSPS) is 17.4. The smallest absolute Gasteiger partial charge is 0.243 e. The summed E-state index contributed by atoms with van der Waals surface area (Å²) in [6, 6.07) is 8.63. The SMILES string of the molecule is Cc1cc(-c2nc(-c3cc(S(=O)(=O)N4CC[C@@H](N)C4)ccc3C)cnc2N)ccn1. The molecule has 1 saturated heterocycles. The highest BCUT2D eigenvalue weighted by molar-refractivity contribution is 7.89. The van der Waals surface area contributed by atoms with E-state index < -0.39 is 10.0 Å². The van der Waals surface area contributed by atoms with E-state index >= 15 is 0 Å². The Kier molecular flexibility index (Phi) is 5.27. The number of nitrogens with two attached hydrogens (primary N) is 2. The van der Waals surface area contributed by atoms with Gasteiger partial charge >= 0.3 is 0 Å². The number of benzene rings is 1. The lowest BCUT2D eigenvalue weighted by Gasteiger charge is -2.17. The molecule has 4 rings (SSSR count). The van der Waals surface area contributed by atoms with Crippen molar-refractivity contribution in [2.45, 2.75) is 31.2 Å². The molecule has 2 aromatic heterocycles. The van der Waals surface area contributed by atoms with Gasteiger partial charge in [-0.2, -0.15) is 4.31 Å². The average Bonchev–Trinajstić information content (AvgIpc) is 3.16. The molecule has 1 atom stereocenters. The number of aromatic nitrogens is 3. The predicted molar refractivity (Wildman–Crippen MR) is 116 cm³/mol. The van der Waals surface area contributed by atoms with E-state index in [1.807, 2.05) is 26.0 Å². The Morgan fingerprint density at radius 3 is 2.63 bits per heavy atom. The summed E-state index contributed by atoms with van der Waals surface area (Å²) in [4.78, 5) is 13.4. The Balaban J connectivity index is 1.78. The topological polar surface area (TPSA) is 128 Å². The Morgan fingerprint density at radius 2 is 1.93 bits per heavy atom. The van der Waals surface area contributed by atoms with Crippen LogP contribution in [-0.4, -0.2) is 46.8 Å². The molecular formula is C21H24N6O2S. The maximum absolute atomic E-state index is 13.1. The summed E-state index contributed by atoms with van der Waals surface area (Å²) in [6.07, 6.45) is 3.92. The van der Waals surface area contributed by atoms with Crippen LogP contribution >= 0.6 is 0 Å². The molecule has 0 spiro atoms. The number of nitrogens with zero attached hydrogens (tertiary/aromatic N) is 4. The lowest BCUT2D eigenvalue weighted by molar-refractivity contribution is 0.472. The van der Waals surface area contributed by atoms with Crippen LogP contribution < -0.4 is 11.5 Å². The van der Waals surface area contributed by atoms with Crippen molar-refractivity contribution in [2.24, 2.45) is 5.73 Å². The highest BCUT2D eigenvalue weighted by Crippen LogP contribution is 2.30. The largest absolute Gasteiger partial charge is 0.382 e. The van der Waals surface area contributed by atoms with Gasteiger partial charge in [-0.25, -0.2) is 18.4 Å². The third-order valence-electron chi connectivity index (χ3n) is 5.28. The van der Waals surface area contributed by atoms with Gasteiger partial charge in [0, 0.05) is 42.1 Å². The molecule has 0 saturated carbocycles. The number of hydrogen-bond donors (Lipinski definition) is 2. The molecule has 0 radical (unpaired) electrons. The van der Waals surface area contributed by atoms with Gasteiger partial charge < -0.3 is 11.5 Å². The maximum Gasteiger partial charge on any atom is 0.243 e. The van der Waals surface area contributed by atoms with Crippen LogP contribution in [0.5, 0.6) is 0 Å². The minimum Gasteiger partial charge on any atom is -0.382 e. The van der Waals surface area contributed by atoms with Crippen LogP contribution in [0.4, 0.5) is 5.82 Å². The first-order valence-corrected chi connectivity index (χ1v) is 11.1. The minimum absolute atomic E-state index is 0.126. The average molecular weight is 425 g/mol. The number of aryl methyl sites for hydroxylation is 2. The Bertz CT molecular complexity index is 1210. The van der Waals surface area contributed by atoms with Gasteiger partial charge in [-0.3, -0.25) is 4.98 Å². The van der Waals surface area contributed by atoms with Crippen molar-refractivity contribution >= 4 is 15.8 Å². The molecule has 9 heteroatoms. The molecule has 8 nitrogen and oxygen atoms in total. The summed E-state index contributed by atoms with van der Waals surface area (Å²) in [5.41, 5.74) is 16.3. The lowest BCUT2D eigenvalue weighted by Crippen LogP contribution is -2.32. The van der Waals surface area contributed by atoms with Gasteiger partial charge in [-0.1, -0.05) is 6.07 Å². The van der Waals surface area contributed by atoms with E-state index in [0.29, 0.717) is 42.3 Å². The molecule has 0 unspecified atom stereocenters.